The molecule has 0 aliphatic carbocycles. The third-order valence-electron chi connectivity index (χ3n) is 6.54. The van der Waals surface area contributed by atoms with Gasteiger partial charge in [0.05, 0.1) is 22.8 Å². The van der Waals surface area contributed by atoms with Gasteiger partial charge in [-0.2, -0.15) is 0 Å². The van der Waals surface area contributed by atoms with Crippen LogP contribution in [0.25, 0.3) is 61.2 Å². The zero-order valence-electron chi connectivity index (χ0n) is 19.1. The van der Waals surface area contributed by atoms with Crippen LogP contribution in [0.1, 0.15) is 5.69 Å². The number of aryl methyl sites for hydroxylation is 1. The highest BCUT2D eigenvalue weighted by molar-refractivity contribution is 6.10. The maximum absolute atomic E-state index is 6.54. The highest BCUT2D eigenvalue weighted by atomic mass is 16.3. The van der Waals surface area contributed by atoms with E-state index in [4.69, 9.17) is 9.40 Å². The summed E-state index contributed by atoms with van der Waals surface area (Å²) in [6.07, 6.45) is 1.90. The van der Waals surface area contributed by atoms with Crippen molar-refractivity contribution in [3.8, 4) is 28.2 Å². The molecule has 0 unspecified atom stereocenters. The Morgan fingerprint density at radius 2 is 1.51 bits per heavy atom. The first kappa shape index (κ1) is 19.7. The molecule has 0 saturated carbocycles. The SMILES string of the molecule is Cc1cc2nc(-c3cccc4c3oc3cc(-c5ccccc5)ccc34)n(-c3ccccc3)c2cn1. The second-order valence-corrected chi connectivity index (χ2v) is 8.78. The minimum absolute atomic E-state index is 0.838. The molecule has 0 aliphatic heterocycles. The molecule has 0 bridgehead atoms. The van der Waals surface area contributed by atoms with Gasteiger partial charge in [0, 0.05) is 22.2 Å². The maximum atomic E-state index is 6.54. The van der Waals surface area contributed by atoms with Crippen molar-refractivity contribution >= 4 is 33.0 Å². The van der Waals surface area contributed by atoms with Gasteiger partial charge in [0.2, 0.25) is 0 Å². The Morgan fingerprint density at radius 3 is 2.34 bits per heavy atom. The normalized spacial score (nSPS) is 11.6. The lowest BCUT2D eigenvalue weighted by Gasteiger charge is -2.09. The summed E-state index contributed by atoms with van der Waals surface area (Å²) < 4.78 is 8.71. The summed E-state index contributed by atoms with van der Waals surface area (Å²) in [4.78, 5) is 9.62. The number of imidazole rings is 1. The molecule has 4 aromatic carbocycles. The lowest BCUT2D eigenvalue weighted by Crippen LogP contribution is -1.97. The number of pyridine rings is 1. The standard InChI is InChI=1S/C31H21N3O/c1-20-17-27-28(19-32-20)34(23-11-6-3-7-12-23)31(33-27)26-14-8-13-25-24-16-15-22(18-29(24)35-30(25)26)21-9-4-2-5-10-21/h2-19H,1H3. The zero-order chi connectivity index (χ0) is 23.4. The minimum Gasteiger partial charge on any atom is -0.455 e. The molecule has 0 atom stereocenters. The molecular formula is C31H21N3O. The average Bonchev–Trinajstić information content (AvgIpc) is 3.47. The lowest BCUT2D eigenvalue weighted by molar-refractivity contribution is 0.669. The fraction of sp³-hybridized carbons (Fsp3) is 0.0323. The molecule has 0 fully saturated rings. The van der Waals surface area contributed by atoms with Crippen molar-refractivity contribution in [1.82, 2.24) is 14.5 Å². The Kier molecular flexibility index (Phi) is 4.33. The molecule has 3 heterocycles. The Balaban J connectivity index is 1.51. The van der Waals surface area contributed by atoms with Gasteiger partial charge in [-0.15, -0.1) is 0 Å². The summed E-state index contributed by atoms with van der Waals surface area (Å²) in [5, 5.41) is 2.18. The van der Waals surface area contributed by atoms with Crippen LogP contribution in [0.4, 0.5) is 0 Å². The number of furan rings is 1. The predicted molar refractivity (Wildman–Crippen MR) is 142 cm³/mol. The van der Waals surface area contributed by atoms with E-state index in [9.17, 15) is 0 Å². The van der Waals surface area contributed by atoms with Crippen LogP contribution in [-0.2, 0) is 0 Å². The topological polar surface area (TPSA) is 43.9 Å². The molecule has 0 N–H and O–H groups in total. The van der Waals surface area contributed by atoms with Crippen LogP contribution in [-0.4, -0.2) is 14.5 Å². The average molecular weight is 452 g/mol. The summed E-state index contributed by atoms with van der Waals surface area (Å²) in [5.41, 5.74) is 8.83. The third kappa shape index (κ3) is 3.15. The van der Waals surface area contributed by atoms with Crippen LogP contribution in [0.3, 0.4) is 0 Å². The summed E-state index contributed by atoms with van der Waals surface area (Å²) in [6, 6.07) is 35.4. The van der Waals surface area contributed by atoms with Gasteiger partial charge < -0.3 is 4.42 Å². The Hall–Kier alpha value is -4.70. The van der Waals surface area contributed by atoms with Crippen LogP contribution in [0, 0.1) is 6.92 Å². The molecule has 0 amide bonds. The molecule has 0 spiro atoms. The van der Waals surface area contributed by atoms with Crippen molar-refractivity contribution in [2.45, 2.75) is 6.92 Å². The number of hydrogen-bond acceptors (Lipinski definition) is 3. The number of fused-ring (bicyclic) bond motifs is 4. The smallest absolute Gasteiger partial charge is 0.149 e. The van der Waals surface area contributed by atoms with E-state index in [-0.39, 0.29) is 0 Å². The number of hydrogen-bond donors (Lipinski definition) is 0. The van der Waals surface area contributed by atoms with Gasteiger partial charge >= 0.3 is 0 Å². The van der Waals surface area contributed by atoms with Crippen molar-refractivity contribution < 1.29 is 4.42 Å². The highest BCUT2D eigenvalue weighted by Crippen LogP contribution is 2.38. The van der Waals surface area contributed by atoms with E-state index in [2.05, 4.69) is 82.3 Å². The molecule has 0 aliphatic rings. The van der Waals surface area contributed by atoms with E-state index < -0.39 is 0 Å². The second kappa shape index (κ2) is 7.67. The van der Waals surface area contributed by atoms with Crippen LogP contribution in [0.15, 0.2) is 114 Å². The number of para-hydroxylation sites is 2. The first-order chi connectivity index (χ1) is 17.3. The van der Waals surface area contributed by atoms with E-state index in [1.165, 1.54) is 5.56 Å². The minimum atomic E-state index is 0.838. The van der Waals surface area contributed by atoms with Gasteiger partial charge in [0.15, 0.2) is 0 Å². The summed E-state index contributed by atoms with van der Waals surface area (Å²) >= 11 is 0. The van der Waals surface area contributed by atoms with Gasteiger partial charge in [-0.3, -0.25) is 9.55 Å². The van der Waals surface area contributed by atoms with Crippen molar-refractivity contribution in [3.63, 3.8) is 0 Å². The van der Waals surface area contributed by atoms with E-state index in [0.717, 1.165) is 61.3 Å². The molecule has 35 heavy (non-hydrogen) atoms. The summed E-state index contributed by atoms with van der Waals surface area (Å²) in [5.74, 6) is 0.839. The van der Waals surface area contributed by atoms with Crippen LogP contribution in [0.2, 0.25) is 0 Å². The molecule has 4 heteroatoms. The van der Waals surface area contributed by atoms with Crippen LogP contribution < -0.4 is 0 Å². The second-order valence-electron chi connectivity index (χ2n) is 8.78. The van der Waals surface area contributed by atoms with E-state index in [1.807, 2.05) is 43.5 Å². The lowest BCUT2D eigenvalue weighted by atomic mass is 10.0. The van der Waals surface area contributed by atoms with Gasteiger partial charge in [-0.1, -0.05) is 66.7 Å². The fourth-order valence-corrected chi connectivity index (χ4v) is 4.88. The molecule has 3 aromatic heterocycles. The zero-order valence-corrected chi connectivity index (χ0v) is 19.1. The predicted octanol–water partition coefficient (Wildman–Crippen LogP) is 7.96. The van der Waals surface area contributed by atoms with Crippen molar-refractivity contribution in [2.75, 3.05) is 0 Å². The molecule has 0 radical (unpaired) electrons. The first-order valence-corrected chi connectivity index (χ1v) is 11.7. The van der Waals surface area contributed by atoms with Gasteiger partial charge in [0.25, 0.3) is 0 Å². The Morgan fingerprint density at radius 1 is 0.714 bits per heavy atom. The van der Waals surface area contributed by atoms with Crippen molar-refractivity contribution in [3.05, 3.63) is 115 Å². The molecule has 166 valence electrons. The molecular weight excluding hydrogens is 430 g/mol. The Bertz CT molecular complexity index is 1850. The van der Waals surface area contributed by atoms with Gasteiger partial charge in [0.1, 0.15) is 17.0 Å². The fourth-order valence-electron chi connectivity index (χ4n) is 4.88. The quantitative estimate of drug-likeness (QED) is 0.274. The number of benzene rings is 4. The molecule has 7 aromatic rings. The maximum Gasteiger partial charge on any atom is 0.149 e. The number of rotatable bonds is 3. The van der Waals surface area contributed by atoms with Gasteiger partial charge in [-0.05, 0) is 54.4 Å². The van der Waals surface area contributed by atoms with Crippen molar-refractivity contribution in [1.29, 1.82) is 0 Å². The Labute approximate surface area is 202 Å². The van der Waals surface area contributed by atoms with Gasteiger partial charge in [-0.25, -0.2) is 4.98 Å². The molecule has 0 saturated heterocycles. The third-order valence-corrected chi connectivity index (χ3v) is 6.54. The molecule has 7 rings (SSSR count). The first-order valence-electron chi connectivity index (χ1n) is 11.7. The highest BCUT2D eigenvalue weighted by Gasteiger charge is 2.20. The summed E-state index contributed by atoms with van der Waals surface area (Å²) in [7, 11) is 0. The van der Waals surface area contributed by atoms with Crippen LogP contribution in [0.5, 0.6) is 0 Å². The number of aromatic nitrogens is 3. The van der Waals surface area contributed by atoms with E-state index >= 15 is 0 Å². The van der Waals surface area contributed by atoms with Crippen LogP contribution >= 0.6 is 0 Å². The molecule has 4 nitrogen and oxygen atoms in total. The van der Waals surface area contributed by atoms with Crippen molar-refractivity contribution in [2.24, 2.45) is 0 Å². The number of nitrogens with zero attached hydrogens (tertiary/aromatic N) is 3. The largest absolute Gasteiger partial charge is 0.455 e. The monoisotopic (exact) mass is 451 g/mol. The van der Waals surface area contributed by atoms with E-state index in [0.29, 0.717) is 0 Å². The van der Waals surface area contributed by atoms with E-state index in [1.54, 1.807) is 0 Å². The summed E-state index contributed by atoms with van der Waals surface area (Å²) in [6.45, 7) is 1.99.